The zero-order valence-corrected chi connectivity index (χ0v) is 10.1. The van der Waals surface area contributed by atoms with Crippen LogP contribution in [0.2, 0.25) is 0 Å². The highest BCUT2D eigenvalue weighted by Gasteiger charge is 2.43. The molecule has 0 aliphatic carbocycles. The van der Waals surface area contributed by atoms with Crippen LogP contribution in [0.25, 0.3) is 0 Å². The molecular formula is C10H17N3O2S. The largest absolute Gasteiger partial charge is 0.342 e. The van der Waals surface area contributed by atoms with Crippen LogP contribution in [0.1, 0.15) is 26.2 Å². The van der Waals surface area contributed by atoms with Crippen molar-refractivity contribution in [2.75, 3.05) is 5.75 Å². The zero-order valence-electron chi connectivity index (χ0n) is 9.29. The van der Waals surface area contributed by atoms with E-state index in [2.05, 4.69) is 22.9 Å². The highest BCUT2D eigenvalue weighted by molar-refractivity contribution is 8.00. The Labute approximate surface area is 99.1 Å². The van der Waals surface area contributed by atoms with Crippen molar-refractivity contribution in [2.24, 2.45) is 0 Å². The smallest absolute Gasteiger partial charge is 0.315 e. The molecule has 3 atom stereocenters. The minimum Gasteiger partial charge on any atom is -0.342 e. The molecule has 16 heavy (non-hydrogen) atoms. The molecule has 6 heteroatoms. The lowest BCUT2D eigenvalue weighted by molar-refractivity contribution is -0.121. The number of fused-ring (bicyclic) bond motifs is 1. The van der Waals surface area contributed by atoms with Gasteiger partial charge in [0, 0.05) is 12.2 Å². The van der Waals surface area contributed by atoms with E-state index in [0.717, 1.165) is 18.6 Å². The maximum atomic E-state index is 11.6. The van der Waals surface area contributed by atoms with Gasteiger partial charge in [0.05, 0.1) is 17.5 Å². The van der Waals surface area contributed by atoms with Crippen molar-refractivity contribution in [2.45, 2.75) is 43.6 Å². The topological polar surface area (TPSA) is 70.2 Å². The second-order valence-corrected chi connectivity index (χ2v) is 5.35. The van der Waals surface area contributed by atoms with Crippen LogP contribution in [-0.2, 0) is 4.79 Å². The lowest BCUT2D eigenvalue weighted by Gasteiger charge is -2.18. The third-order valence-electron chi connectivity index (χ3n) is 2.89. The van der Waals surface area contributed by atoms with E-state index >= 15 is 0 Å². The third kappa shape index (κ3) is 2.42. The molecule has 3 N–H and O–H groups in total. The fourth-order valence-electron chi connectivity index (χ4n) is 1.99. The molecule has 0 spiro atoms. The summed E-state index contributed by atoms with van der Waals surface area (Å²) in [6.07, 6.45) is 2.52. The van der Waals surface area contributed by atoms with Crippen molar-refractivity contribution < 1.29 is 9.59 Å². The number of amides is 3. The summed E-state index contributed by atoms with van der Waals surface area (Å²) in [5.41, 5.74) is 0. The number of rotatable bonds is 4. The average molecular weight is 243 g/mol. The Balaban J connectivity index is 1.82. The minimum absolute atomic E-state index is 0.0216. The van der Waals surface area contributed by atoms with Crippen molar-refractivity contribution in [3.63, 3.8) is 0 Å². The summed E-state index contributed by atoms with van der Waals surface area (Å²) in [6.45, 7) is 2.06. The Kier molecular flexibility index (Phi) is 3.58. The average Bonchev–Trinajstić information content (AvgIpc) is 2.76. The summed E-state index contributed by atoms with van der Waals surface area (Å²) < 4.78 is 0. The first-order chi connectivity index (χ1) is 7.70. The Morgan fingerprint density at radius 1 is 1.56 bits per heavy atom. The molecule has 3 amide bonds. The van der Waals surface area contributed by atoms with Crippen LogP contribution in [0.5, 0.6) is 0 Å². The molecule has 0 unspecified atom stereocenters. The molecule has 0 aromatic rings. The van der Waals surface area contributed by atoms with Crippen molar-refractivity contribution in [1.82, 2.24) is 16.0 Å². The maximum Gasteiger partial charge on any atom is 0.315 e. The Bertz CT molecular complexity index is 298. The molecule has 2 saturated heterocycles. The predicted molar refractivity (Wildman–Crippen MR) is 63.2 cm³/mol. The van der Waals surface area contributed by atoms with E-state index < -0.39 is 0 Å². The number of unbranched alkanes of at least 4 members (excludes halogenated alkanes) is 1. The van der Waals surface area contributed by atoms with Crippen LogP contribution >= 0.6 is 11.8 Å². The van der Waals surface area contributed by atoms with E-state index in [1.54, 1.807) is 11.8 Å². The first-order valence-electron chi connectivity index (χ1n) is 5.68. The lowest BCUT2D eigenvalue weighted by atomic mass is 10.1. The summed E-state index contributed by atoms with van der Waals surface area (Å²) in [4.78, 5) is 22.7. The fourth-order valence-corrected chi connectivity index (χ4v) is 3.38. The number of carbonyl (C=O) groups excluding carboxylic acids is 2. The van der Waals surface area contributed by atoms with E-state index in [-0.39, 0.29) is 29.4 Å². The number of carbonyl (C=O) groups is 2. The van der Waals surface area contributed by atoms with Crippen LogP contribution in [0.3, 0.4) is 0 Å². The summed E-state index contributed by atoms with van der Waals surface area (Å²) in [5, 5.41) is 8.68. The number of hydrogen-bond donors (Lipinski definition) is 3. The van der Waals surface area contributed by atoms with Crippen LogP contribution in [0.15, 0.2) is 0 Å². The Morgan fingerprint density at radius 2 is 2.38 bits per heavy atom. The first-order valence-corrected chi connectivity index (χ1v) is 6.73. The van der Waals surface area contributed by atoms with Gasteiger partial charge in [-0.1, -0.05) is 13.3 Å². The summed E-state index contributed by atoms with van der Waals surface area (Å²) in [7, 11) is 0. The quantitative estimate of drug-likeness (QED) is 0.627. The van der Waals surface area contributed by atoms with E-state index in [1.807, 2.05) is 0 Å². The van der Waals surface area contributed by atoms with Gasteiger partial charge in [0.15, 0.2) is 0 Å². The van der Waals surface area contributed by atoms with Crippen LogP contribution in [0.4, 0.5) is 4.79 Å². The van der Waals surface area contributed by atoms with E-state index in [9.17, 15) is 9.59 Å². The van der Waals surface area contributed by atoms with Crippen molar-refractivity contribution >= 4 is 23.7 Å². The van der Waals surface area contributed by atoms with Crippen molar-refractivity contribution in [3.05, 3.63) is 0 Å². The second kappa shape index (κ2) is 4.95. The van der Waals surface area contributed by atoms with Crippen molar-refractivity contribution in [3.8, 4) is 0 Å². The maximum absolute atomic E-state index is 11.6. The van der Waals surface area contributed by atoms with E-state index in [1.165, 1.54) is 0 Å². The van der Waals surface area contributed by atoms with Crippen molar-refractivity contribution in [1.29, 1.82) is 0 Å². The zero-order chi connectivity index (χ0) is 11.5. The van der Waals surface area contributed by atoms with Gasteiger partial charge in [-0.25, -0.2) is 4.79 Å². The van der Waals surface area contributed by atoms with Gasteiger partial charge in [-0.05, 0) is 6.42 Å². The molecule has 5 nitrogen and oxygen atoms in total. The summed E-state index contributed by atoms with van der Waals surface area (Å²) in [6, 6.07) is 0.0835. The fraction of sp³-hybridized carbons (Fsp3) is 0.800. The molecule has 0 aromatic heterocycles. The van der Waals surface area contributed by atoms with Gasteiger partial charge in [0.25, 0.3) is 0 Å². The molecular weight excluding hydrogens is 226 g/mol. The molecule has 0 aromatic carbocycles. The van der Waals surface area contributed by atoms with Gasteiger partial charge >= 0.3 is 6.03 Å². The van der Waals surface area contributed by atoms with Gasteiger partial charge in [0.2, 0.25) is 5.91 Å². The molecule has 0 saturated carbocycles. The molecule has 0 radical (unpaired) electrons. The summed E-state index contributed by atoms with van der Waals surface area (Å²) in [5.74, 6) is 0.948. The normalized spacial score (nSPS) is 31.8. The summed E-state index contributed by atoms with van der Waals surface area (Å²) >= 11 is 1.69. The SMILES string of the molecule is CCCCC(=O)N[C@H]1SC[C@@H]2NC(=O)N[C@@H]21. The minimum atomic E-state index is -0.122. The number of nitrogens with one attached hydrogen (secondary N) is 3. The standard InChI is InChI=1S/C10H17N3O2S/c1-2-3-4-7(14)12-9-8-6(5-16-9)11-10(15)13-8/h6,8-9H,2-5H2,1H3,(H,12,14)(H2,11,13,15)/t6-,8-,9-/m0/s1. The highest BCUT2D eigenvalue weighted by Crippen LogP contribution is 2.27. The first kappa shape index (κ1) is 11.6. The van der Waals surface area contributed by atoms with Crippen LogP contribution in [-0.4, -0.2) is 35.1 Å². The Hall–Kier alpha value is -0.910. The van der Waals surface area contributed by atoms with E-state index in [4.69, 9.17) is 0 Å². The molecule has 2 heterocycles. The number of hydrogen-bond acceptors (Lipinski definition) is 3. The lowest BCUT2D eigenvalue weighted by Crippen LogP contribution is -2.46. The van der Waals surface area contributed by atoms with Gasteiger partial charge < -0.3 is 16.0 Å². The predicted octanol–water partition coefficient (Wildman–Crippen LogP) is 0.416. The molecule has 2 aliphatic rings. The van der Waals surface area contributed by atoms with Gasteiger partial charge in [-0.2, -0.15) is 0 Å². The third-order valence-corrected chi connectivity index (χ3v) is 4.21. The van der Waals surface area contributed by atoms with Gasteiger partial charge in [-0.15, -0.1) is 11.8 Å². The number of thioether (sulfide) groups is 1. The second-order valence-electron chi connectivity index (χ2n) is 4.18. The molecule has 0 bridgehead atoms. The van der Waals surface area contributed by atoms with E-state index in [0.29, 0.717) is 6.42 Å². The highest BCUT2D eigenvalue weighted by atomic mass is 32.2. The Morgan fingerprint density at radius 3 is 3.12 bits per heavy atom. The van der Waals surface area contributed by atoms with Crippen LogP contribution < -0.4 is 16.0 Å². The van der Waals surface area contributed by atoms with Gasteiger partial charge in [-0.3, -0.25) is 4.79 Å². The number of urea groups is 1. The molecule has 90 valence electrons. The monoisotopic (exact) mass is 243 g/mol. The molecule has 2 aliphatic heterocycles. The molecule has 2 fully saturated rings. The van der Waals surface area contributed by atoms with Gasteiger partial charge in [0.1, 0.15) is 0 Å². The van der Waals surface area contributed by atoms with Crippen LogP contribution in [0, 0.1) is 0 Å². The molecule has 2 rings (SSSR count).